The highest BCUT2D eigenvalue weighted by atomic mass is 19.4. The summed E-state index contributed by atoms with van der Waals surface area (Å²) in [5.41, 5.74) is -0.809. The lowest BCUT2D eigenvalue weighted by atomic mass is 10.00. The van der Waals surface area contributed by atoms with E-state index in [4.69, 9.17) is 0 Å². The van der Waals surface area contributed by atoms with E-state index in [1.54, 1.807) is 0 Å². The van der Waals surface area contributed by atoms with E-state index >= 15 is 0 Å². The molecule has 90 valence electrons. The first-order valence-electron chi connectivity index (χ1n) is 5.37. The Morgan fingerprint density at radius 2 is 2.31 bits per heavy atom. The first-order valence-corrected chi connectivity index (χ1v) is 5.37. The number of hydrogen-bond acceptors (Lipinski definition) is 2. The third-order valence-electron chi connectivity index (χ3n) is 2.78. The van der Waals surface area contributed by atoms with Crippen molar-refractivity contribution < 1.29 is 13.2 Å². The second-order valence-electron chi connectivity index (χ2n) is 4.13. The molecule has 2 rings (SSSR count). The van der Waals surface area contributed by atoms with Crippen LogP contribution in [0.25, 0.3) is 0 Å². The molecule has 1 N–H and O–H groups in total. The van der Waals surface area contributed by atoms with Crippen molar-refractivity contribution in [3.8, 4) is 0 Å². The summed E-state index contributed by atoms with van der Waals surface area (Å²) in [7, 11) is 0. The molecule has 0 unspecified atom stereocenters. The molecule has 0 aromatic carbocycles. The van der Waals surface area contributed by atoms with E-state index < -0.39 is 11.9 Å². The van der Waals surface area contributed by atoms with Gasteiger partial charge in [-0.3, -0.25) is 4.68 Å². The summed E-state index contributed by atoms with van der Waals surface area (Å²) in [5, 5.41) is 6.77. The molecule has 2 heterocycles. The van der Waals surface area contributed by atoms with Gasteiger partial charge in [-0.2, -0.15) is 18.3 Å². The van der Waals surface area contributed by atoms with E-state index in [2.05, 4.69) is 10.4 Å². The normalized spacial score (nSPS) is 22.3. The van der Waals surface area contributed by atoms with E-state index in [0.29, 0.717) is 12.5 Å². The molecule has 1 aliphatic rings. The monoisotopic (exact) mass is 233 g/mol. The highest BCUT2D eigenvalue weighted by Crippen LogP contribution is 2.27. The van der Waals surface area contributed by atoms with Gasteiger partial charge in [0, 0.05) is 12.7 Å². The molecule has 0 amide bonds. The first-order chi connectivity index (χ1) is 7.55. The number of rotatable bonds is 2. The van der Waals surface area contributed by atoms with Crippen LogP contribution in [-0.2, 0) is 12.7 Å². The predicted octanol–water partition coefficient (Wildman–Crippen LogP) is 1.90. The number of nitrogens with one attached hydrogen (secondary N) is 1. The van der Waals surface area contributed by atoms with Crippen molar-refractivity contribution in [2.24, 2.45) is 5.92 Å². The Morgan fingerprint density at radius 1 is 1.50 bits per heavy atom. The number of alkyl halides is 3. The zero-order chi connectivity index (χ0) is 11.6. The van der Waals surface area contributed by atoms with Gasteiger partial charge in [-0.1, -0.05) is 0 Å². The second kappa shape index (κ2) is 4.45. The summed E-state index contributed by atoms with van der Waals surface area (Å²) >= 11 is 0. The number of piperidine rings is 1. The SMILES string of the molecule is FC(F)(F)c1ccn(C[C@H]2CCCNC2)n1. The van der Waals surface area contributed by atoms with Crippen LogP contribution in [0.1, 0.15) is 18.5 Å². The fourth-order valence-corrected chi connectivity index (χ4v) is 1.96. The quantitative estimate of drug-likeness (QED) is 0.845. The average Bonchev–Trinajstić information content (AvgIpc) is 2.67. The summed E-state index contributed by atoms with van der Waals surface area (Å²) in [6, 6.07) is 1.02. The molecule has 1 atom stereocenters. The molecule has 0 bridgehead atoms. The van der Waals surface area contributed by atoms with Gasteiger partial charge in [0.15, 0.2) is 5.69 Å². The minimum atomic E-state index is -4.34. The van der Waals surface area contributed by atoms with Crippen molar-refractivity contribution in [3.63, 3.8) is 0 Å². The minimum absolute atomic E-state index is 0.384. The zero-order valence-electron chi connectivity index (χ0n) is 8.80. The minimum Gasteiger partial charge on any atom is -0.316 e. The van der Waals surface area contributed by atoms with Gasteiger partial charge >= 0.3 is 6.18 Å². The van der Waals surface area contributed by atoms with Gasteiger partial charge in [0.1, 0.15) is 0 Å². The van der Waals surface area contributed by atoms with Crippen LogP contribution in [0, 0.1) is 5.92 Å². The number of aromatic nitrogens is 2. The molecule has 1 aliphatic heterocycles. The number of hydrogen-bond donors (Lipinski definition) is 1. The van der Waals surface area contributed by atoms with Crippen LogP contribution in [0.4, 0.5) is 13.2 Å². The lowest BCUT2D eigenvalue weighted by Crippen LogP contribution is -2.32. The fraction of sp³-hybridized carbons (Fsp3) is 0.700. The topological polar surface area (TPSA) is 29.9 Å². The fourth-order valence-electron chi connectivity index (χ4n) is 1.96. The molecule has 0 spiro atoms. The maximum absolute atomic E-state index is 12.3. The zero-order valence-corrected chi connectivity index (χ0v) is 8.80. The molecule has 0 aliphatic carbocycles. The van der Waals surface area contributed by atoms with Crippen LogP contribution in [0.15, 0.2) is 12.3 Å². The van der Waals surface area contributed by atoms with Crippen molar-refractivity contribution in [2.45, 2.75) is 25.6 Å². The molecule has 6 heteroatoms. The Morgan fingerprint density at radius 3 is 2.88 bits per heavy atom. The molecule has 1 aromatic heterocycles. The molecule has 1 saturated heterocycles. The predicted molar refractivity (Wildman–Crippen MR) is 52.8 cm³/mol. The van der Waals surface area contributed by atoms with Gasteiger partial charge in [0.25, 0.3) is 0 Å². The Balaban J connectivity index is 1.97. The van der Waals surface area contributed by atoms with E-state index in [1.165, 1.54) is 10.9 Å². The lowest BCUT2D eigenvalue weighted by molar-refractivity contribution is -0.141. The van der Waals surface area contributed by atoms with Gasteiger partial charge in [-0.05, 0) is 37.9 Å². The van der Waals surface area contributed by atoms with Gasteiger partial charge < -0.3 is 5.32 Å². The first kappa shape index (κ1) is 11.4. The van der Waals surface area contributed by atoms with Gasteiger partial charge in [0.2, 0.25) is 0 Å². The second-order valence-corrected chi connectivity index (χ2v) is 4.13. The summed E-state index contributed by atoms with van der Waals surface area (Å²) in [6.45, 7) is 2.42. The van der Waals surface area contributed by atoms with E-state index in [1.807, 2.05) is 0 Å². The molecule has 3 nitrogen and oxygen atoms in total. The van der Waals surface area contributed by atoms with E-state index in [-0.39, 0.29) is 0 Å². The molecular weight excluding hydrogens is 219 g/mol. The van der Waals surface area contributed by atoms with Crippen molar-refractivity contribution in [1.29, 1.82) is 0 Å². The highest BCUT2D eigenvalue weighted by Gasteiger charge is 2.33. The van der Waals surface area contributed by atoms with Crippen LogP contribution in [0.5, 0.6) is 0 Å². The van der Waals surface area contributed by atoms with Crippen LogP contribution in [0.3, 0.4) is 0 Å². The number of halogens is 3. The third-order valence-corrected chi connectivity index (χ3v) is 2.78. The molecular formula is C10H14F3N3. The van der Waals surface area contributed by atoms with Crippen molar-refractivity contribution >= 4 is 0 Å². The molecule has 1 fully saturated rings. The van der Waals surface area contributed by atoms with Crippen molar-refractivity contribution in [1.82, 2.24) is 15.1 Å². The van der Waals surface area contributed by atoms with E-state index in [9.17, 15) is 13.2 Å². The number of nitrogens with zero attached hydrogens (tertiary/aromatic N) is 2. The molecule has 1 aromatic rings. The van der Waals surface area contributed by atoms with Crippen LogP contribution in [-0.4, -0.2) is 22.9 Å². The Labute approximate surface area is 91.6 Å². The Hall–Kier alpha value is -1.04. The summed E-state index contributed by atoms with van der Waals surface area (Å²) in [5.74, 6) is 0.384. The van der Waals surface area contributed by atoms with E-state index in [0.717, 1.165) is 32.0 Å². The van der Waals surface area contributed by atoms with Gasteiger partial charge in [0.05, 0.1) is 0 Å². The van der Waals surface area contributed by atoms with Crippen LogP contribution >= 0.6 is 0 Å². The van der Waals surface area contributed by atoms with Gasteiger partial charge in [-0.25, -0.2) is 0 Å². The van der Waals surface area contributed by atoms with Crippen molar-refractivity contribution in [3.05, 3.63) is 18.0 Å². The van der Waals surface area contributed by atoms with Crippen LogP contribution < -0.4 is 5.32 Å². The summed E-state index contributed by atoms with van der Waals surface area (Å²) in [4.78, 5) is 0. The van der Waals surface area contributed by atoms with Crippen LogP contribution in [0.2, 0.25) is 0 Å². The molecule has 16 heavy (non-hydrogen) atoms. The Kier molecular flexibility index (Phi) is 3.18. The maximum Gasteiger partial charge on any atom is 0.435 e. The third kappa shape index (κ3) is 2.75. The lowest BCUT2D eigenvalue weighted by Gasteiger charge is -2.22. The largest absolute Gasteiger partial charge is 0.435 e. The maximum atomic E-state index is 12.3. The standard InChI is InChI=1S/C10H14F3N3/c11-10(12,13)9-3-5-16(15-9)7-8-2-1-4-14-6-8/h3,5,8,14H,1-2,4,6-7H2/t8-/m0/s1. The molecule has 0 radical (unpaired) electrons. The summed E-state index contributed by atoms with van der Waals surface area (Å²) in [6.07, 6.45) is -0.806. The Bertz CT molecular complexity index is 339. The molecule has 0 saturated carbocycles. The smallest absolute Gasteiger partial charge is 0.316 e. The highest BCUT2D eigenvalue weighted by molar-refractivity contribution is 5.03. The summed E-state index contributed by atoms with van der Waals surface area (Å²) < 4.78 is 38.3. The average molecular weight is 233 g/mol. The van der Waals surface area contributed by atoms with Gasteiger partial charge in [-0.15, -0.1) is 0 Å². The van der Waals surface area contributed by atoms with Crippen molar-refractivity contribution in [2.75, 3.05) is 13.1 Å².